The van der Waals surface area contributed by atoms with E-state index in [0.717, 1.165) is 0 Å². The molecule has 0 atom stereocenters. The van der Waals surface area contributed by atoms with Crippen molar-refractivity contribution in [2.45, 2.75) is 0 Å². The van der Waals surface area contributed by atoms with E-state index >= 15 is 0 Å². The van der Waals surface area contributed by atoms with E-state index < -0.39 is 0 Å². The van der Waals surface area contributed by atoms with Gasteiger partial charge in [0, 0.05) is 0 Å². The first-order valence-corrected chi connectivity index (χ1v) is 19.7. The first-order valence-electron chi connectivity index (χ1n) is 1.26. The molecule has 0 aromatic carbocycles. The monoisotopic (exact) mass is 394 g/mol. The zero-order chi connectivity index (χ0) is 4.12. The summed E-state index contributed by atoms with van der Waals surface area (Å²) in [5.41, 5.74) is 0. The van der Waals surface area contributed by atoms with E-state index in [1.807, 2.05) is 9.58 Å². The van der Waals surface area contributed by atoms with Gasteiger partial charge in [-0.3, -0.25) is 0 Å². The van der Waals surface area contributed by atoms with Crippen LogP contribution in [0, 0.1) is 0 Å². The molecule has 0 saturated carbocycles. The molecule has 0 aliphatic heterocycles. The molecule has 0 heterocycles. The number of hydrogen-bond donors (Lipinski definition) is 0. The molecule has 0 rings (SSSR count). The molecule has 0 aliphatic rings. The Morgan fingerprint density at radius 1 is 1.17 bits per heavy atom. The van der Waals surface area contributed by atoms with Crippen LogP contribution in [0.2, 0.25) is 0 Å². The molecule has 6 heteroatoms. The van der Waals surface area contributed by atoms with Crippen LogP contribution >= 0.6 is 9.58 Å². The van der Waals surface area contributed by atoms with Crippen LogP contribution in [0.1, 0.15) is 0 Å². The van der Waals surface area contributed by atoms with Crippen LogP contribution < -0.4 is 0 Å². The fourth-order valence-corrected chi connectivity index (χ4v) is 89.3. The molecule has 0 saturated heterocycles. The maximum atomic E-state index is 1.86. The van der Waals surface area contributed by atoms with E-state index in [2.05, 4.69) is 0 Å². The predicted molar refractivity (Wildman–Crippen MR) is 22.4 cm³/mol. The molecule has 0 N–H and O–H groups in total. The van der Waals surface area contributed by atoms with Gasteiger partial charge in [0.1, 0.15) is 0 Å². The molecule has 0 fully saturated rings. The van der Waals surface area contributed by atoms with Crippen molar-refractivity contribution in [3.05, 3.63) is 0 Å². The molecule has 0 spiro atoms. The number of hydrogen-bond acceptors (Lipinski definition) is 0. The Labute approximate surface area is 106 Å². The minimum atomic E-state index is 0. The molecule has 0 amide bonds. The Balaban J connectivity index is 0. The van der Waals surface area contributed by atoms with Crippen molar-refractivity contribution in [2.24, 2.45) is 0 Å². The summed E-state index contributed by atoms with van der Waals surface area (Å²) in [6.07, 6.45) is 0. The van der Waals surface area contributed by atoms with Crippen molar-refractivity contribution in [3.63, 3.8) is 0 Å². The van der Waals surface area contributed by atoms with Gasteiger partial charge in [0.05, 0.1) is 0 Å². The van der Waals surface area contributed by atoms with Crippen LogP contribution in [-0.4, -0.2) is 48.9 Å². The second-order valence-corrected chi connectivity index (χ2v) is 42.8. The standard InChI is InChI=1S/Ba.2P.3Zn.2H. The molecule has 0 bridgehead atoms. The van der Waals surface area contributed by atoms with Crippen LogP contribution in [0.15, 0.2) is 0 Å². The topological polar surface area (TPSA) is 0 Å². The van der Waals surface area contributed by atoms with Gasteiger partial charge in [0.25, 0.3) is 0 Å². The Morgan fingerprint density at radius 2 is 1.50 bits per heavy atom. The van der Waals surface area contributed by atoms with Crippen LogP contribution in [-0.2, 0) is 50.8 Å². The Kier molecular flexibility index (Phi) is 24.9. The SMILES string of the molecule is [BaH2].[Zn]=[P][Zn][P]=[Zn]. The van der Waals surface area contributed by atoms with E-state index in [-0.39, 0.29) is 65.0 Å². The van der Waals surface area contributed by atoms with Crippen molar-refractivity contribution >= 4 is 58.5 Å². The summed E-state index contributed by atoms with van der Waals surface area (Å²) in [6, 6.07) is 0. The average Bonchev–Trinajstić information content (AvgIpc) is 1.41. The third-order valence-corrected chi connectivity index (χ3v) is 48.6. The van der Waals surface area contributed by atoms with Gasteiger partial charge < -0.3 is 0 Å². The molecule has 0 radical (unpaired) electrons. The molecular formula is H2BaP2Zn3. The molecule has 20 valence electrons. The summed E-state index contributed by atoms with van der Waals surface area (Å²) in [5.74, 6) is 0. The number of rotatable bonds is 2. The van der Waals surface area contributed by atoms with Gasteiger partial charge in [-0.2, -0.15) is 0 Å². The fourth-order valence-electron chi connectivity index (χ4n) is 0.0707. The van der Waals surface area contributed by atoms with Crippen LogP contribution in [0.5, 0.6) is 0 Å². The first kappa shape index (κ1) is 12.7. The van der Waals surface area contributed by atoms with Crippen molar-refractivity contribution in [1.82, 2.24) is 0 Å². The summed E-state index contributed by atoms with van der Waals surface area (Å²) in [5, 5.41) is 0. The van der Waals surface area contributed by atoms with E-state index in [4.69, 9.17) is 0 Å². The molecule has 0 unspecified atom stereocenters. The predicted octanol–water partition coefficient (Wildman–Crippen LogP) is 0.799. The maximum absolute atomic E-state index is 1.86. The van der Waals surface area contributed by atoms with Gasteiger partial charge in [-0.1, -0.05) is 0 Å². The summed E-state index contributed by atoms with van der Waals surface area (Å²) >= 11 is 3.25. The Bertz CT molecular complexity index is 38.1. The van der Waals surface area contributed by atoms with Crippen LogP contribution in [0.4, 0.5) is 0 Å². The summed E-state index contributed by atoms with van der Waals surface area (Å²) in [4.78, 5) is 3.72. The van der Waals surface area contributed by atoms with Crippen LogP contribution in [0.3, 0.4) is 0 Å². The van der Waals surface area contributed by atoms with Crippen molar-refractivity contribution in [3.8, 4) is 0 Å². The quantitative estimate of drug-likeness (QED) is 0.478. The zero-order valence-corrected chi connectivity index (χ0v) is 13.7. The molecule has 0 nitrogen and oxygen atoms in total. The molecular weight excluding hydrogens is 395 g/mol. The van der Waals surface area contributed by atoms with E-state index in [9.17, 15) is 0 Å². The second-order valence-electron chi connectivity index (χ2n) is 0.589. The third-order valence-electron chi connectivity index (χ3n) is 0.200. The van der Waals surface area contributed by atoms with E-state index in [0.29, 0.717) is 0 Å². The fraction of sp³-hybridized carbons (Fsp3) is 0. The third kappa shape index (κ3) is 10.9. The van der Waals surface area contributed by atoms with E-state index in [1.165, 1.54) is 0 Å². The normalized spacial score (nSPS) is 7.33. The second kappa shape index (κ2) is 11.8. The molecule has 6 heavy (non-hydrogen) atoms. The minimum absolute atomic E-state index is 0. The molecule has 0 aliphatic carbocycles. The van der Waals surface area contributed by atoms with Gasteiger partial charge in [-0.25, -0.2) is 0 Å². The van der Waals surface area contributed by atoms with Gasteiger partial charge >= 0.3 is 109 Å². The van der Waals surface area contributed by atoms with Gasteiger partial charge in [-0.05, 0) is 0 Å². The zero-order valence-electron chi connectivity index (χ0n) is 3.02. The summed E-state index contributed by atoms with van der Waals surface area (Å²) in [7, 11) is 0. The summed E-state index contributed by atoms with van der Waals surface area (Å²) in [6.45, 7) is 0. The summed E-state index contributed by atoms with van der Waals surface area (Å²) < 4.78 is 0. The Morgan fingerprint density at radius 3 is 1.50 bits per heavy atom. The molecule has 0 aromatic rings. The van der Waals surface area contributed by atoms with Crippen molar-refractivity contribution in [1.29, 1.82) is 0 Å². The molecule has 0 aromatic heterocycles. The first-order chi connectivity index (χ1) is 2.41. The van der Waals surface area contributed by atoms with Gasteiger partial charge in [0.15, 0.2) is 0 Å². The van der Waals surface area contributed by atoms with Gasteiger partial charge in [0.2, 0.25) is 0 Å². The van der Waals surface area contributed by atoms with Crippen LogP contribution in [0.25, 0.3) is 0 Å². The van der Waals surface area contributed by atoms with Crippen molar-refractivity contribution < 1.29 is 50.8 Å². The van der Waals surface area contributed by atoms with Gasteiger partial charge in [-0.15, -0.1) is 0 Å². The van der Waals surface area contributed by atoms with E-state index in [1.54, 1.807) is 34.7 Å². The average molecular weight is 397 g/mol. The Hall–Kier alpha value is 4.04. The van der Waals surface area contributed by atoms with Crippen molar-refractivity contribution in [2.75, 3.05) is 0 Å².